The Labute approximate surface area is 178 Å². The fourth-order valence-corrected chi connectivity index (χ4v) is 2.82. The van der Waals surface area contributed by atoms with E-state index in [1.807, 2.05) is 6.07 Å². The molecular formula is C23H17ClN2O4. The maximum absolute atomic E-state index is 12.4. The van der Waals surface area contributed by atoms with Gasteiger partial charge < -0.3 is 14.5 Å². The SMILES string of the molecule is CCOC(=O)c1ccc(-c2ccc(/C=C(/C#N)C(=O)Nc3cccc(Cl)c3)o2)cc1. The van der Waals surface area contributed by atoms with Crippen LogP contribution in [0.25, 0.3) is 17.4 Å². The molecule has 0 bridgehead atoms. The monoisotopic (exact) mass is 420 g/mol. The predicted molar refractivity (Wildman–Crippen MR) is 114 cm³/mol. The van der Waals surface area contributed by atoms with Crippen molar-refractivity contribution in [3.05, 3.63) is 82.6 Å². The van der Waals surface area contributed by atoms with E-state index in [4.69, 9.17) is 20.8 Å². The summed E-state index contributed by atoms with van der Waals surface area (Å²) in [5.74, 6) is -0.0885. The average molecular weight is 421 g/mol. The summed E-state index contributed by atoms with van der Waals surface area (Å²) in [7, 11) is 0. The van der Waals surface area contributed by atoms with Crippen molar-refractivity contribution in [3.63, 3.8) is 0 Å². The van der Waals surface area contributed by atoms with E-state index in [9.17, 15) is 14.9 Å². The Morgan fingerprint density at radius 3 is 2.60 bits per heavy atom. The summed E-state index contributed by atoms with van der Waals surface area (Å²) in [5, 5.41) is 12.4. The van der Waals surface area contributed by atoms with Gasteiger partial charge in [-0.2, -0.15) is 5.26 Å². The number of rotatable bonds is 6. The topological polar surface area (TPSA) is 92.3 Å². The normalized spacial score (nSPS) is 10.9. The molecule has 2 aromatic carbocycles. The highest BCUT2D eigenvalue weighted by atomic mass is 35.5. The van der Waals surface area contributed by atoms with Gasteiger partial charge in [-0.15, -0.1) is 0 Å². The number of furan rings is 1. The number of amides is 1. The van der Waals surface area contributed by atoms with Crippen LogP contribution in [0.3, 0.4) is 0 Å². The maximum atomic E-state index is 12.4. The van der Waals surface area contributed by atoms with E-state index in [0.29, 0.717) is 34.4 Å². The highest BCUT2D eigenvalue weighted by molar-refractivity contribution is 6.31. The number of esters is 1. The van der Waals surface area contributed by atoms with Crippen LogP contribution in [0.5, 0.6) is 0 Å². The zero-order chi connectivity index (χ0) is 21.5. The summed E-state index contributed by atoms with van der Waals surface area (Å²) >= 11 is 5.90. The van der Waals surface area contributed by atoms with Gasteiger partial charge in [-0.05, 0) is 49.4 Å². The average Bonchev–Trinajstić information content (AvgIpc) is 3.21. The molecule has 30 heavy (non-hydrogen) atoms. The number of carbonyl (C=O) groups is 2. The van der Waals surface area contributed by atoms with E-state index in [1.165, 1.54) is 6.08 Å². The first-order valence-corrected chi connectivity index (χ1v) is 9.44. The number of nitrogens with one attached hydrogen (secondary N) is 1. The van der Waals surface area contributed by atoms with Crippen LogP contribution in [0.2, 0.25) is 5.02 Å². The van der Waals surface area contributed by atoms with Gasteiger partial charge in [0, 0.05) is 22.3 Å². The van der Waals surface area contributed by atoms with Gasteiger partial charge in [0.05, 0.1) is 12.2 Å². The molecule has 0 saturated heterocycles. The lowest BCUT2D eigenvalue weighted by molar-refractivity contribution is -0.112. The Balaban J connectivity index is 1.75. The lowest BCUT2D eigenvalue weighted by Crippen LogP contribution is -2.13. The van der Waals surface area contributed by atoms with Crippen LogP contribution in [0.4, 0.5) is 5.69 Å². The molecule has 3 rings (SSSR count). The number of nitrogens with zero attached hydrogens (tertiary/aromatic N) is 1. The smallest absolute Gasteiger partial charge is 0.338 e. The van der Waals surface area contributed by atoms with Crippen molar-refractivity contribution in [2.45, 2.75) is 6.92 Å². The van der Waals surface area contributed by atoms with Gasteiger partial charge in [-0.25, -0.2) is 4.79 Å². The molecule has 0 fully saturated rings. The Morgan fingerprint density at radius 1 is 1.17 bits per heavy atom. The first kappa shape index (κ1) is 20.9. The highest BCUT2D eigenvalue weighted by Gasteiger charge is 2.12. The molecule has 1 heterocycles. The summed E-state index contributed by atoms with van der Waals surface area (Å²) in [6.45, 7) is 2.05. The van der Waals surface area contributed by atoms with Crippen molar-refractivity contribution < 1.29 is 18.7 Å². The highest BCUT2D eigenvalue weighted by Crippen LogP contribution is 2.24. The second kappa shape index (κ2) is 9.59. The van der Waals surface area contributed by atoms with E-state index < -0.39 is 11.9 Å². The van der Waals surface area contributed by atoms with Crippen LogP contribution in [0.15, 0.2) is 70.7 Å². The van der Waals surface area contributed by atoms with Gasteiger partial charge >= 0.3 is 5.97 Å². The fourth-order valence-electron chi connectivity index (χ4n) is 2.63. The van der Waals surface area contributed by atoms with Gasteiger partial charge in [0.1, 0.15) is 23.2 Å². The van der Waals surface area contributed by atoms with E-state index in [1.54, 1.807) is 67.6 Å². The number of hydrogen-bond donors (Lipinski definition) is 1. The van der Waals surface area contributed by atoms with Crippen molar-refractivity contribution in [2.75, 3.05) is 11.9 Å². The first-order valence-electron chi connectivity index (χ1n) is 9.06. The Kier molecular flexibility index (Phi) is 6.68. The molecule has 7 heteroatoms. The van der Waals surface area contributed by atoms with Crippen LogP contribution in [0.1, 0.15) is 23.0 Å². The lowest BCUT2D eigenvalue weighted by Gasteiger charge is -2.04. The van der Waals surface area contributed by atoms with Crippen molar-refractivity contribution in [2.24, 2.45) is 0 Å². The Morgan fingerprint density at radius 2 is 1.93 bits per heavy atom. The minimum atomic E-state index is -0.573. The molecule has 6 nitrogen and oxygen atoms in total. The molecule has 0 radical (unpaired) electrons. The van der Waals surface area contributed by atoms with Gasteiger partial charge in [0.15, 0.2) is 0 Å². The lowest BCUT2D eigenvalue weighted by atomic mass is 10.1. The van der Waals surface area contributed by atoms with Crippen molar-refractivity contribution >= 4 is 35.2 Å². The molecule has 0 spiro atoms. The number of ether oxygens (including phenoxy) is 1. The van der Waals surface area contributed by atoms with Crippen LogP contribution in [0, 0.1) is 11.3 Å². The molecule has 0 atom stereocenters. The second-order valence-corrected chi connectivity index (χ2v) is 6.57. The third-order valence-electron chi connectivity index (χ3n) is 4.04. The van der Waals surface area contributed by atoms with E-state index >= 15 is 0 Å². The first-order chi connectivity index (χ1) is 14.5. The summed E-state index contributed by atoms with van der Waals surface area (Å²) in [4.78, 5) is 24.1. The number of hydrogen-bond acceptors (Lipinski definition) is 5. The van der Waals surface area contributed by atoms with Crippen molar-refractivity contribution in [1.29, 1.82) is 5.26 Å². The van der Waals surface area contributed by atoms with Crippen molar-refractivity contribution in [1.82, 2.24) is 0 Å². The minimum Gasteiger partial charge on any atom is -0.462 e. The van der Waals surface area contributed by atoms with Crippen LogP contribution < -0.4 is 5.32 Å². The molecule has 0 unspecified atom stereocenters. The largest absolute Gasteiger partial charge is 0.462 e. The quantitative estimate of drug-likeness (QED) is 0.331. The fraction of sp³-hybridized carbons (Fsp3) is 0.0870. The molecule has 0 aliphatic rings. The summed E-state index contributed by atoms with van der Waals surface area (Å²) in [6, 6.07) is 18.6. The van der Waals surface area contributed by atoms with Gasteiger partial charge in [0.25, 0.3) is 5.91 Å². The van der Waals surface area contributed by atoms with Crippen LogP contribution >= 0.6 is 11.6 Å². The van der Waals surface area contributed by atoms with E-state index in [-0.39, 0.29) is 5.57 Å². The number of benzene rings is 2. The molecular weight excluding hydrogens is 404 g/mol. The molecule has 1 aromatic heterocycles. The molecule has 0 saturated carbocycles. The van der Waals surface area contributed by atoms with E-state index in [2.05, 4.69) is 5.32 Å². The van der Waals surface area contributed by atoms with E-state index in [0.717, 1.165) is 5.56 Å². The molecule has 1 N–H and O–H groups in total. The zero-order valence-corrected chi connectivity index (χ0v) is 16.8. The number of nitriles is 1. The van der Waals surface area contributed by atoms with Gasteiger partial charge in [0.2, 0.25) is 0 Å². The van der Waals surface area contributed by atoms with Gasteiger partial charge in [-0.3, -0.25) is 4.79 Å². The Hall–Kier alpha value is -3.82. The molecule has 1 amide bonds. The molecule has 3 aromatic rings. The standard InChI is InChI=1S/C23H17ClN2O4/c1-2-29-23(28)16-8-6-15(7-9-16)21-11-10-20(30-21)12-17(14-25)22(27)26-19-5-3-4-18(24)13-19/h3-13H,2H2,1H3,(H,26,27)/b17-12-. The minimum absolute atomic E-state index is 0.117. The molecule has 0 aliphatic heterocycles. The third-order valence-corrected chi connectivity index (χ3v) is 4.28. The third kappa shape index (κ3) is 5.16. The number of anilines is 1. The van der Waals surface area contributed by atoms with Crippen molar-refractivity contribution in [3.8, 4) is 17.4 Å². The second-order valence-electron chi connectivity index (χ2n) is 6.13. The van der Waals surface area contributed by atoms with Gasteiger partial charge in [-0.1, -0.05) is 29.8 Å². The number of halogens is 1. The maximum Gasteiger partial charge on any atom is 0.338 e. The Bertz CT molecular complexity index is 1140. The van der Waals surface area contributed by atoms with Crippen LogP contribution in [-0.2, 0) is 9.53 Å². The molecule has 150 valence electrons. The predicted octanol–water partition coefficient (Wildman–Crippen LogP) is 5.32. The zero-order valence-electron chi connectivity index (χ0n) is 16.0. The van der Waals surface area contributed by atoms with Crippen LogP contribution in [-0.4, -0.2) is 18.5 Å². The summed E-state index contributed by atoms with van der Waals surface area (Å²) in [5.41, 5.74) is 1.55. The molecule has 0 aliphatic carbocycles. The summed E-state index contributed by atoms with van der Waals surface area (Å²) < 4.78 is 10.7. The number of carbonyl (C=O) groups excluding carboxylic acids is 2. The summed E-state index contributed by atoms with van der Waals surface area (Å²) in [6.07, 6.45) is 1.36.